The number of hydrogen-bond donors (Lipinski definition) is 7. The number of carbonyl (C=O) groups is 6. The monoisotopic (exact) mass is 1410 g/mol. The first kappa shape index (κ1) is 71.5. The second kappa shape index (κ2) is 33.8. The van der Waals surface area contributed by atoms with Gasteiger partial charge in [0.15, 0.2) is 17.3 Å². The van der Waals surface area contributed by atoms with Gasteiger partial charge in [-0.05, 0) is 55.7 Å². The predicted octanol–water partition coefficient (Wildman–Crippen LogP) is 9.85. The molecule has 3 saturated heterocycles. The Kier molecular flexibility index (Phi) is 24.4. The number of halogens is 3. The Morgan fingerprint density at radius 2 is 0.697 bits per heavy atom. The second-order valence-electron chi connectivity index (χ2n) is 23.3. The summed E-state index contributed by atoms with van der Waals surface area (Å²) in [6.07, 6.45) is 12.1. The summed E-state index contributed by atoms with van der Waals surface area (Å²) in [5, 5.41) is 50.5. The van der Waals surface area contributed by atoms with Gasteiger partial charge in [0.25, 0.3) is 17.7 Å². The van der Waals surface area contributed by atoms with Crippen molar-refractivity contribution in [3.8, 4) is 0 Å². The molecule has 0 radical (unpaired) electrons. The molecule has 0 aliphatic carbocycles. The molecule has 3 aliphatic rings. The van der Waals surface area contributed by atoms with Crippen LogP contribution in [-0.4, -0.2) is 175 Å². The average molecular weight is 1410 g/mol. The van der Waals surface area contributed by atoms with Gasteiger partial charge in [0.1, 0.15) is 35.0 Å². The van der Waals surface area contributed by atoms with Gasteiger partial charge in [0.05, 0.1) is 86.7 Å². The van der Waals surface area contributed by atoms with Crippen molar-refractivity contribution in [3.05, 3.63) is 229 Å². The van der Waals surface area contributed by atoms with Gasteiger partial charge in [-0.3, -0.25) is 59.0 Å². The Balaban J connectivity index is 0.000000161. The summed E-state index contributed by atoms with van der Waals surface area (Å²) in [7, 11) is 5.09. The second-order valence-corrected chi connectivity index (χ2v) is 25.8. The maximum Gasteiger partial charge on any atom is 0.260 e. The summed E-state index contributed by atoms with van der Waals surface area (Å²) in [6, 6.07) is 30.9. The van der Waals surface area contributed by atoms with Crippen LogP contribution >= 0.6 is 46.6 Å². The summed E-state index contributed by atoms with van der Waals surface area (Å²) in [6.45, 7) is 6.81. The highest BCUT2D eigenvalue weighted by Crippen LogP contribution is 2.23. The molecule has 0 saturated carbocycles. The van der Waals surface area contributed by atoms with Crippen LogP contribution in [0, 0.1) is 16.2 Å². The number of carbonyl (C=O) groups excluding carboxylic acids is 6. The van der Waals surface area contributed by atoms with Gasteiger partial charge in [-0.2, -0.15) is 27.1 Å². The number of thioether (sulfide) groups is 1. The highest BCUT2D eigenvalue weighted by atomic mass is 35.5. The first-order valence-electron chi connectivity index (χ1n) is 31.8. The van der Waals surface area contributed by atoms with Crippen molar-refractivity contribution in [2.45, 2.75) is 38.5 Å². The van der Waals surface area contributed by atoms with E-state index in [4.69, 9.17) is 51.0 Å². The molecule has 25 nitrogen and oxygen atoms in total. The Morgan fingerprint density at radius 3 is 1.00 bits per heavy atom. The first-order chi connectivity index (χ1) is 47.8. The molecule has 0 spiro atoms. The lowest BCUT2D eigenvalue weighted by Crippen LogP contribution is -2.46. The lowest BCUT2D eigenvalue weighted by molar-refractivity contribution is 0.0978. The Labute approximate surface area is 590 Å². The highest BCUT2D eigenvalue weighted by molar-refractivity contribution is 7.99. The van der Waals surface area contributed by atoms with Crippen molar-refractivity contribution in [1.29, 1.82) is 16.2 Å². The number of piperidine rings is 1. The lowest BCUT2D eigenvalue weighted by Gasteiger charge is -2.29. The van der Waals surface area contributed by atoms with Gasteiger partial charge in [-0.1, -0.05) is 108 Å². The molecular formula is C70H72Cl3N19O6S. The van der Waals surface area contributed by atoms with E-state index in [1.807, 2.05) is 28.8 Å². The van der Waals surface area contributed by atoms with Crippen LogP contribution in [0.25, 0.3) is 0 Å². The van der Waals surface area contributed by atoms with Gasteiger partial charge in [0, 0.05) is 137 Å². The maximum absolute atomic E-state index is 13.0. The van der Waals surface area contributed by atoms with Crippen molar-refractivity contribution in [3.63, 3.8) is 0 Å². The molecule has 3 aliphatic heterocycles. The molecule has 9 aromatic rings. The fourth-order valence-corrected chi connectivity index (χ4v) is 12.3. The molecule has 12 rings (SSSR count). The lowest BCUT2D eigenvalue weighted by atomic mass is 10.0. The fourth-order valence-electron chi connectivity index (χ4n) is 11.0. The van der Waals surface area contributed by atoms with Crippen molar-refractivity contribution in [1.82, 2.24) is 64.3 Å². The largest absolute Gasteiger partial charge is 0.357 e. The molecule has 99 heavy (non-hydrogen) atoms. The SMILES string of the molecule is Cn1ncc(C(=O)Nc2ccc(Cl)cn2)c1CC(=O)c1ccc(C(=N)N2CCCCC2)cc1.Cn1ncc(C(=O)Nc2ccc(Cl)cn2)c1CC(=O)c1ccc(C(=N)N2CCNCC2)cc1.Cn1ncc(C(=O)Nc2ccc(Cl)cn2)c1CC(=O)c1ccc(C(=N)N2CCSCC2)cc1. The van der Waals surface area contributed by atoms with Crippen LogP contribution in [-0.2, 0) is 40.4 Å². The molecule has 3 amide bonds. The number of ketones is 3. The number of anilines is 3. The smallest absolute Gasteiger partial charge is 0.260 e. The maximum atomic E-state index is 13.0. The molecule has 3 aromatic carbocycles. The van der Waals surface area contributed by atoms with Gasteiger partial charge < -0.3 is 36.0 Å². The zero-order chi connectivity index (χ0) is 70.1. The molecule has 9 heterocycles. The first-order valence-corrected chi connectivity index (χ1v) is 34.1. The summed E-state index contributed by atoms with van der Waals surface area (Å²) >= 11 is 19.4. The number of Topliss-reactive ketones (excluding diaryl/α,β-unsaturated/α-hetero) is 3. The van der Waals surface area contributed by atoms with Gasteiger partial charge in [0.2, 0.25) is 0 Å². The van der Waals surface area contributed by atoms with E-state index in [0.29, 0.717) is 100 Å². The summed E-state index contributed by atoms with van der Waals surface area (Å²) in [5.41, 5.74) is 6.36. The quantitative estimate of drug-likeness (QED) is 0.0239. The molecule has 29 heteroatoms. The van der Waals surface area contributed by atoms with Crippen LogP contribution in [0.1, 0.15) is 115 Å². The Bertz CT molecular complexity index is 3950. The number of piperazine rings is 1. The van der Waals surface area contributed by atoms with Gasteiger partial charge in [-0.25, -0.2) is 15.0 Å². The Hall–Kier alpha value is -10.3. The molecule has 0 atom stereocenters. The molecule has 3 fully saturated rings. The van der Waals surface area contributed by atoms with E-state index >= 15 is 0 Å². The number of amidine groups is 3. The van der Waals surface area contributed by atoms with Crippen molar-refractivity contribution >= 4 is 117 Å². The van der Waals surface area contributed by atoms with E-state index < -0.39 is 17.7 Å². The zero-order valence-corrected chi connectivity index (χ0v) is 57.6. The molecule has 6 aromatic heterocycles. The number of hydrogen-bond acceptors (Lipinski definition) is 17. The van der Waals surface area contributed by atoms with E-state index in [1.165, 1.54) is 57.6 Å². The van der Waals surface area contributed by atoms with Crippen LogP contribution in [0.3, 0.4) is 0 Å². The summed E-state index contributed by atoms with van der Waals surface area (Å²) < 4.78 is 4.58. The number of aryl methyl sites for hydroxylation is 3. The number of nitrogens with one attached hydrogen (secondary N) is 7. The molecule has 0 bridgehead atoms. The minimum Gasteiger partial charge on any atom is -0.357 e. The minimum atomic E-state index is -0.402. The third-order valence-corrected chi connectivity index (χ3v) is 18.3. The molecule has 7 N–H and O–H groups in total. The fraction of sp³-hybridized carbons (Fsp3) is 0.271. The number of likely N-dealkylation sites (tertiary alicyclic amines) is 1. The van der Waals surface area contributed by atoms with Crippen molar-refractivity contribution in [2.24, 2.45) is 21.1 Å². The molecule has 0 unspecified atom stereocenters. The number of aromatic nitrogens is 9. The molecular weight excluding hydrogens is 1340 g/mol. The topological polar surface area (TPSA) is 324 Å². The van der Waals surface area contributed by atoms with Gasteiger partial charge in [-0.15, -0.1) is 0 Å². The normalized spacial score (nSPS) is 13.6. The van der Waals surface area contributed by atoms with Gasteiger partial charge >= 0.3 is 0 Å². The van der Waals surface area contributed by atoms with Crippen LogP contribution < -0.4 is 21.3 Å². The van der Waals surface area contributed by atoms with Crippen LogP contribution in [0.4, 0.5) is 17.5 Å². The third-order valence-electron chi connectivity index (χ3n) is 16.7. The number of amides is 3. The molecule has 510 valence electrons. The van der Waals surface area contributed by atoms with E-state index in [9.17, 15) is 28.8 Å². The number of nitrogens with zero attached hydrogens (tertiary/aromatic N) is 12. The van der Waals surface area contributed by atoms with Crippen molar-refractivity contribution < 1.29 is 28.8 Å². The number of benzene rings is 3. The van der Waals surface area contributed by atoms with E-state index in [2.05, 4.69) is 61.3 Å². The van der Waals surface area contributed by atoms with E-state index in [0.717, 1.165) is 93.4 Å². The minimum absolute atomic E-state index is 0.0158. The average Bonchev–Trinajstić information content (AvgIpc) is 1.71. The van der Waals surface area contributed by atoms with Crippen LogP contribution in [0.5, 0.6) is 0 Å². The number of rotatable bonds is 18. The van der Waals surface area contributed by atoms with Crippen LogP contribution in [0.2, 0.25) is 15.1 Å². The standard InChI is InChI=1S/C24H25ClN6O2.C23H24ClN7O2.C23H23ClN6O2S/c1-30-20(19(15-28-30)24(33)29-22-10-9-18(25)14-27-22)13-21(32)16-5-7-17(8-6-16)23(26)31-11-3-2-4-12-31;1-30-19(18(14-28-30)23(33)29-21-7-6-17(24)13-27-21)12-20(32)15-2-4-16(5-3-15)22(25)31-10-8-26-9-11-31;1-29-19(18(14-27-29)23(32)28-21-7-6-17(24)13-26-21)12-20(31)15-2-4-16(5-3-15)22(25)30-8-10-33-11-9-30/h5-10,14-15,26H,2-4,11-13H2,1H3,(H,27,29,33);2-7,13-14,25-26H,8-12H2,1H3,(H,27,29,33);2-7,13-14,25H,8-12H2,1H3,(H,26,28,32). The summed E-state index contributed by atoms with van der Waals surface area (Å²) in [4.78, 5) is 95.4. The summed E-state index contributed by atoms with van der Waals surface area (Å²) in [5.74, 6) is 2.94. The van der Waals surface area contributed by atoms with E-state index in [1.54, 1.807) is 118 Å². The Morgan fingerprint density at radius 1 is 0.404 bits per heavy atom. The van der Waals surface area contributed by atoms with Crippen LogP contribution in [0.15, 0.2) is 146 Å². The highest BCUT2D eigenvalue weighted by Gasteiger charge is 2.26. The van der Waals surface area contributed by atoms with E-state index in [-0.39, 0.29) is 36.6 Å². The third kappa shape index (κ3) is 18.9. The van der Waals surface area contributed by atoms with Crippen molar-refractivity contribution in [2.75, 3.05) is 79.8 Å². The zero-order valence-electron chi connectivity index (χ0n) is 54.5. The predicted molar refractivity (Wildman–Crippen MR) is 384 cm³/mol. The number of pyridine rings is 3.